The maximum atomic E-state index is 13.3. The summed E-state index contributed by atoms with van der Waals surface area (Å²) < 4.78 is 55.6. The van der Waals surface area contributed by atoms with Gasteiger partial charge in [0.15, 0.2) is 5.82 Å². The summed E-state index contributed by atoms with van der Waals surface area (Å²) in [7, 11) is 0. The third-order valence-corrected chi connectivity index (χ3v) is 2.31. The summed E-state index contributed by atoms with van der Waals surface area (Å²) in [5.74, 6) is -1.00. The van der Waals surface area contributed by atoms with E-state index in [-0.39, 0.29) is 63.7 Å². The number of ether oxygens (including phenoxy) is 1. The molecule has 1 heterocycles. The van der Waals surface area contributed by atoms with Crippen molar-refractivity contribution in [1.82, 2.24) is 9.97 Å². The number of halogens is 4. The minimum absolute atomic E-state index is 0. The fraction of sp³-hybridized carbons (Fsp3) is 0.0909. The van der Waals surface area contributed by atoms with Crippen LogP contribution in [0.4, 0.5) is 17.3 Å². The van der Waals surface area contributed by atoms with Crippen molar-refractivity contribution in [2.45, 2.75) is 6.61 Å². The molecule has 0 N–H and O–H groups in total. The Morgan fingerprint density at radius 2 is 1.75 bits per heavy atom. The van der Waals surface area contributed by atoms with Crippen molar-refractivity contribution < 1.29 is 73.5 Å². The second-order valence-electron chi connectivity index (χ2n) is 3.71. The third kappa shape index (κ3) is 4.81. The van der Waals surface area contributed by atoms with Crippen LogP contribution in [0, 0.1) is 5.82 Å². The summed E-state index contributed by atoms with van der Waals surface area (Å²) in [5, 5.41) is 0. The molecule has 0 aliphatic carbocycles. The van der Waals surface area contributed by atoms with Crippen LogP contribution >= 0.6 is 0 Å². The fourth-order valence-electron chi connectivity index (χ4n) is 1.42. The van der Waals surface area contributed by atoms with Crippen LogP contribution in [0.25, 0.3) is 0 Å². The molecule has 0 saturated heterocycles. The second-order valence-corrected chi connectivity index (χ2v) is 3.71. The molecule has 0 atom stereocenters. The van der Waals surface area contributed by atoms with Gasteiger partial charge in [-0.15, -0.1) is 0 Å². The predicted octanol–water partition coefficient (Wildman–Crippen LogP) is -0.747. The first kappa shape index (κ1) is 17.6. The minimum Gasteiger partial charge on any atom is -0.486 e. The molecule has 2 rings (SSSR count). The monoisotopic (exact) mass is 310 g/mol. The predicted molar refractivity (Wildman–Crippen MR) is 61.5 cm³/mol. The zero-order valence-corrected chi connectivity index (χ0v) is 13.7. The largest absolute Gasteiger partial charge is 1.00 e. The first-order chi connectivity index (χ1) is 8.97. The summed E-state index contributed by atoms with van der Waals surface area (Å²) in [6.45, 7) is -5.40. The Morgan fingerprint density at radius 1 is 1.10 bits per heavy atom. The molecule has 0 aliphatic rings. The van der Waals surface area contributed by atoms with Gasteiger partial charge in [-0.05, 0) is 12.1 Å². The molecule has 0 aliphatic heterocycles. The average Bonchev–Trinajstić information content (AvgIpc) is 2.36. The van der Waals surface area contributed by atoms with Gasteiger partial charge in [-0.1, -0.05) is 11.5 Å². The molecule has 0 spiro atoms. The van der Waals surface area contributed by atoms with Crippen LogP contribution in [0.3, 0.4) is 0 Å². The Morgan fingerprint density at radius 3 is 2.30 bits per heavy atom. The summed E-state index contributed by atoms with van der Waals surface area (Å²) >= 11 is 0. The Kier molecular flexibility index (Phi) is 6.60. The molecular formula is C11H8BF4KN2O. The van der Waals surface area contributed by atoms with Gasteiger partial charge >= 0.3 is 58.4 Å². The van der Waals surface area contributed by atoms with Gasteiger partial charge in [0, 0.05) is 18.5 Å². The maximum absolute atomic E-state index is 13.3. The van der Waals surface area contributed by atoms with E-state index in [2.05, 4.69) is 9.97 Å². The molecule has 0 unspecified atom stereocenters. The number of nitrogens with zero attached hydrogens (tertiary/aromatic N) is 2. The number of hydrogen-bond donors (Lipinski definition) is 0. The van der Waals surface area contributed by atoms with Crippen molar-refractivity contribution in [3.8, 4) is 5.75 Å². The molecule has 2 aromatic rings. The van der Waals surface area contributed by atoms with Crippen molar-refractivity contribution >= 4 is 12.4 Å². The Balaban J connectivity index is 0.00000200. The SMILES string of the molecule is Fc1cc(OCc2ncccn2)ccc1[B-](F)(F)F.[K+]. The van der Waals surface area contributed by atoms with Crippen LogP contribution in [-0.2, 0) is 6.61 Å². The van der Waals surface area contributed by atoms with E-state index in [4.69, 9.17) is 4.74 Å². The van der Waals surface area contributed by atoms with E-state index in [0.29, 0.717) is 18.0 Å². The summed E-state index contributed by atoms with van der Waals surface area (Å²) in [6, 6.07) is 4.05. The van der Waals surface area contributed by atoms with E-state index in [0.717, 1.165) is 6.07 Å². The van der Waals surface area contributed by atoms with Gasteiger partial charge in [0.25, 0.3) is 0 Å². The molecule has 1 aromatic carbocycles. The minimum atomic E-state index is -5.36. The average molecular weight is 310 g/mol. The van der Waals surface area contributed by atoms with Crippen LogP contribution < -0.4 is 61.6 Å². The Bertz CT molecular complexity index is 568. The quantitative estimate of drug-likeness (QED) is 0.551. The van der Waals surface area contributed by atoms with E-state index < -0.39 is 18.3 Å². The molecule has 1 aromatic heterocycles. The molecule has 0 amide bonds. The second kappa shape index (κ2) is 7.51. The molecule has 0 saturated carbocycles. The molecule has 0 fully saturated rings. The zero-order chi connectivity index (χ0) is 13.9. The van der Waals surface area contributed by atoms with Crippen molar-refractivity contribution in [3.63, 3.8) is 0 Å². The first-order valence-electron chi connectivity index (χ1n) is 5.35. The molecule has 0 radical (unpaired) electrons. The van der Waals surface area contributed by atoms with E-state index in [1.165, 1.54) is 12.4 Å². The van der Waals surface area contributed by atoms with Gasteiger partial charge in [0.1, 0.15) is 12.4 Å². The topological polar surface area (TPSA) is 35.0 Å². The molecule has 3 nitrogen and oxygen atoms in total. The number of benzene rings is 1. The van der Waals surface area contributed by atoms with Crippen LogP contribution in [0.2, 0.25) is 0 Å². The van der Waals surface area contributed by atoms with E-state index >= 15 is 0 Å². The Labute approximate surface area is 155 Å². The maximum Gasteiger partial charge on any atom is 1.00 e. The van der Waals surface area contributed by atoms with Crippen LogP contribution in [0.5, 0.6) is 5.75 Å². The summed E-state index contributed by atoms with van der Waals surface area (Å²) in [5.41, 5.74) is -1.26. The van der Waals surface area contributed by atoms with Gasteiger partial charge in [0.05, 0.1) is 5.82 Å². The van der Waals surface area contributed by atoms with Gasteiger partial charge in [-0.25, -0.2) is 14.4 Å². The smallest absolute Gasteiger partial charge is 0.486 e. The molecule has 9 heteroatoms. The van der Waals surface area contributed by atoms with Gasteiger partial charge in [-0.3, -0.25) is 0 Å². The number of aromatic nitrogens is 2. The van der Waals surface area contributed by atoms with Crippen molar-refractivity contribution in [2.75, 3.05) is 0 Å². The molecule has 0 bridgehead atoms. The van der Waals surface area contributed by atoms with E-state index in [9.17, 15) is 17.3 Å². The first-order valence-corrected chi connectivity index (χ1v) is 5.35. The van der Waals surface area contributed by atoms with Crippen molar-refractivity contribution in [1.29, 1.82) is 0 Å². The van der Waals surface area contributed by atoms with E-state index in [1.54, 1.807) is 6.07 Å². The molecule has 100 valence electrons. The van der Waals surface area contributed by atoms with Gasteiger partial charge < -0.3 is 17.7 Å². The van der Waals surface area contributed by atoms with Crippen molar-refractivity contribution in [2.24, 2.45) is 0 Å². The summed E-state index contributed by atoms with van der Waals surface area (Å²) in [4.78, 5) is 7.73. The molecular weight excluding hydrogens is 302 g/mol. The zero-order valence-electron chi connectivity index (χ0n) is 10.6. The van der Waals surface area contributed by atoms with Crippen LogP contribution in [-0.4, -0.2) is 16.9 Å². The van der Waals surface area contributed by atoms with Crippen molar-refractivity contribution in [3.05, 3.63) is 48.3 Å². The number of hydrogen-bond acceptors (Lipinski definition) is 3. The van der Waals surface area contributed by atoms with Gasteiger partial charge in [-0.2, -0.15) is 0 Å². The van der Waals surface area contributed by atoms with Gasteiger partial charge in [0.2, 0.25) is 0 Å². The summed E-state index contributed by atoms with van der Waals surface area (Å²) in [6.07, 6.45) is 3.00. The third-order valence-electron chi connectivity index (χ3n) is 2.31. The number of rotatable bonds is 4. The normalized spacial score (nSPS) is 10.8. The standard InChI is InChI=1S/C11H8BF4N2O.K/c13-10-6-8(2-3-9(10)12(14,15)16)19-7-11-17-4-1-5-18-11;/h1-6H,7H2;/q-1;+1. The molecule has 20 heavy (non-hydrogen) atoms. The fourth-order valence-corrected chi connectivity index (χ4v) is 1.42. The van der Waals surface area contributed by atoms with Crippen LogP contribution in [0.15, 0.2) is 36.7 Å². The Hall–Kier alpha value is -0.479. The van der Waals surface area contributed by atoms with Crippen LogP contribution in [0.1, 0.15) is 5.82 Å². The van der Waals surface area contributed by atoms with E-state index in [1.807, 2.05) is 0 Å².